The van der Waals surface area contributed by atoms with Crippen molar-refractivity contribution in [1.82, 2.24) is 9.80 Å². The van der Waals surface area contributed by atoms with Gasteiger partial charge in [0.2, 0.25) is 5.91 Å². The predicted octanol–water partition coefficient (Wildman–Crippen LogP) is 2.93. The molecule has 0 radical (unpaired) electrons. The summed E-state index contributed by atoms with van der Waals surface area (Å²) in [7, 11) is 2.24. The van der Waals surface area contributed by atoms with E-state index in [1.165, 1.54) is 25.8 Å². The van der Waals surface area contributed by atoms with Crippen molar-refractivity contribution in [3.63, 3.8) is 0 Å². The highest BCUT2D eigenvalue weighted by Gasteiger charge is 2.41. The molecular weight excluding hydrogens is 345 g/mol. The van der Waals surface area contributed by atoms with Crippen LogP contribution in [0.1, 0.15) is 51.9 Å². The SMILES string of the molecule is CN(CC1CC1)CC1CCN(C(=O)C2CCCCC2(C)N)C1.Cl.Cl. The monoisotopic (exact) mass is 379 g/mol. The summed E-state index contributed by atoms with van der Waals surface area (Å²) < 4.78 is 0. The molecule has 3 fully saturated rings. The smallest absolute Gasteiger partial charge is 0.227 e. The first kappa shape index (κ1) is 22.0. The van der Waals surface area contributed by atoms with E-state index in [-0.39, 0.29) is 36.3 Å². The van der Waals surface area contributed by atoms with Crippen molar-refractivity contribution in [1.29, 1.82) is 0 Å². The van der Waals surface area contributed by atoms with Gasteiger partial charge in [-0.1, -0.05) is 12.8 Å². The zero-order valence-electron chi connectivity index (χ0n) is 15.2. The number of hydrogen-bond donors (Lipinski definition) is 1. The Morgan fingerprint density at radius 1 is 1.12 bits per heavy atom. The molecule has 142 valence electrons. The molecule has 1 aliphatic heterocycles. The van der Waals surface area contributed by atoms with Gasteiger partial charge in [-0.25, -0.2) is 0 Å². The minimum absolute atomic E-state index is 0. The van der Waals surface area contributed by atoms with Gasteiger partial charge in [-0.05, 0) is 57.9 Å². The van der Waals surface area contributed by atoms with E-state index in [1.807, 2.05) is 0 Å². The summed E-state index contributed by atoms with van der Waals surface area (Å²) in [6.07, 6.45) is 8.29. The number of amides is 1. The molecule has 6 heteroatoms. The summed E-state index contributed by atoms with van der Waals surface area (Å²) in [5.41, 5.74) is 6.12. The van der Waals surface area contributed by atoms with Crippen LogP contribution in [-0.2, 0) is 4.79 Å². The van der Waals surface area contributed by atoms with Crippen LogP contribution in [0.25, 0.3) is 0 Å². The number of halogens is 2. The second-order valence-corrected chi connectivity index (χ2v) is 8.41. The normalized spacial score (nSPS) is 33.1. The number of hydrogen-bond acceptors (Lipinski definition) is 3. The van der Waals surface area contributed by atoms with Crippen LogP contribution in [-0.4, -0.2) is 54.5 Å². The fourth-order valence-corrected chi connectivity index (χ4v) is 4.42. The van der Waals surface area contributed by atoms with Crippen molar-refractivity contribution in [3.8, 4) is 0 Å². The van der Waals surface area contributed by atoms with Crippen molar-refractivity contribution in [2.24, 2.45) is 23.5 Å². The van der Waals surface area contributed by atoms with Gasteiger partial charge >= 0.3 is 0 Å². The molecule has 3 rings (SSSR count). The fourth-order valence-electron chi connectivity index (χ4n) is 4.42. The summed E-state index contributed by atoms with van der Waals surface area (Å²) in [5, 5.41) is 0. The Labute approximate surface area is 159 Å². The van der Waals surface area contributed by atoms with Crippen LogP contribution in [0.15, 0.2) is 0 Å². The number of likely N-dealkylation sites (tertiary alicyclic amines) is 1. The first-order chi connectivity index (χ1) is 10.5. The third-order valence-electron chi connectivity index (χ3n) is 5.99. The van der Waals surface area contributed by atoms with Gasteiger partial charge in [0, 0.05) is 31.7 Å². The van der Waals surface area contributed by atoms with E-state index in [4.69, 9.17) is 5.73 Å². The van der Waals surface area contributed by atoms with Crippen LogP contribution in [0, 0.1) is 17.8 Å². The van der Waals surface area contributed by atoms with Gasteiger partial charge in [-0.15, -0.1) is 24.8 Å². The van der Waals surface area contributed by atoms with Gasteiger partial charge in [-0.3, -0.25) is 4.79 Å². The van der Waals surface area contributed by atoms with E-state index in [9.17, 15) is 4.79 Å². The maximum absolute atomic E-state index is 12.9. The van der Waals surface area contributed by atoms with Gasteiger partial charge in [0.1, 0.15) is 0 Å². The number of carbonyl (C=O) groups excluding carboxylic acids is 1. The molecule has 0 aromatic rings. The summed E-state index contributed by atoms with van der Waals surface area (Å²) in [5.74, 6) is 1.98. The molecule has 0 aromatic heterocycles. The zero-order chi connectivity index (χ0) is 15.7. The van der Waals surface area contributed by atoms with E-state index in [2.05, 4.69) is 23.8 Å². The quantitative estimate of drug-likeness (QED) is 0.798. The largest absolute Gasteiger partial charge is 0.342 e. The Kier molecular flexibility index (Phi) is 8.32. The Morgan fingerprint density at radius 3 is 2.42 bits per heavy atom. The van der Waals surface area contributed by atoms with Crippen LogP contribution >= 0.6 is 24.8 Å². The molecular formula is C18H35Cl2N3O. The number of nitrogens with zero attached hydrogens (tertiary/aromatic N) is 2. The molecule has 3 unspecified atom stereocenters. The molecule has 2 N–H and O–H groups in total. The van der Waals surface area contributed by atoms with Gasteiger partial charge in [-0.2, -0.15) is 0 Å². The minimum Gasteiger partial charge on any atom is -0.342 e. The minimum atomic E-state index is -0.295. The molecule has 0 spiro atoms. The number of nitrogens with two attached hydrogens (primary N) is 1. The number of rotatable bonds is 5. The fraction of sp³-hybridized carbons (Fsp3) is 0.944. The molecule has 4 nitrogen and oxygen atoms in total. The van der Waals surface area contributed by atoms with Gasteiger partial charge in [0.15, 0.2) is 0 Å². The topological polar surface area (TPSA) is 49.6 Å². The van der Waals surface area contributed by atoms with Crippen molar-refractivity contribution in [2.75, 3.05) is 33.2 Å². The maximum Gasteiger partial charge on any atom is 0.227 e. The van der Waals surface area contributed by atoms with Gasteiger partial charge < -0.3 is 15.5 Å². The molecule has 1 saturated heterocycles. The first-order valence-corrected chi connectivity index (χ1v) is 9.22. The lowest BCUT2D eigenvalue weighted by molar-refractivity contribution is -0.138. The summed E-state index contributed by atoms with van der Waals surface area (Å²) in [6, 6.07) is 0. The van der Waals surface area contributed by atoms with E-state index >= 15 is 0 Å². The van der Waals surface area contributed by atoms with Crippen LogP contribution < -0.4 is 5.73 Å². The Hall–Kier alpha value is -0.0300. The standard InChI is InChI=1S/C18H33N3O.2ClH/c1-18(19)9-4-3-5-16(18)17(22)21-10-8-15(13-21)12-20(2)11-14-6-7-14;;/h14-16H,3-13,19H2,1-2H3;2*1H. The van der Waals surface area contributed by atoms with Gasteiger partial charge in [0.05, 0.1) is 5.92 Å². The highest BCUT2D eigenvalue weighted by Crippen LogP contribution is 2.34. The highest BCUT2D eigenvalue weighted by molar-refractivity contribution is 5.85. The lowest BCUT2D eigenvalue weighted by atomic mass is 9.74. The van der Waals surface area contributed by atoms with Gasteiger partial charge in [0.25, 0.3) is 0 Å². The van der Waals surface area contributed by atoms with E-state index < -0.39 is 0 Å². The van der Waals surface area contributed by atoms with E-state index in [0.29, 0.717) is 11.8 Å². The van der Waals surface area contributed by atoms with Crippen LogP contribution in [0.4, 0.5) is 0 Å². The Morgan fingerprint density at radius 2 is 1.79 bits per heavy atom. The molecule has 24 heavy (non-hydrogen) atoms. The van der Waals surface area contributed by atoms with Crippen LogP contribution in [0.3, 0.4) is 0 Å². The molecule has 2 aliphatic carbocycles. The molecule has 0 bridgehead atoms. The Bertz CT molecular complexity index is 415. The molecule has 2 saturated carbocycles. The average molecular weight is 380 g/mol. The van der Waals surface area contributed by atoms with Crippen molar-refractivity contribution in [2.45, 2.75) is 57.4 Å². The third-order valence-corrected chi connectivity index (χ3v) is 5.99. The highest BCUT2D eigenvalue weighted by atomic mass is 35.5. The summed E-state index contributed by atoms with van der Waals surface area (Å²) >= 11 is 0. The zero-order valence-corrected chi connectivity index (χ0v) is 16.8. The number of carbonyl (C=O) groups is 1. The van der Waals surface area contributed by atoms with Crippen LogP contribution in [0.5, 0.6) is 0 Å². The second-order valence-electron chi connectivity index (χ2n) is 8.41. The summed E-state index contributed by atoms with van der Waals surface area (Å²) in [4.78, 5) is 17.5. The van der Waals surface area contributed by atoms with Crippen molar-refractivity contribution in [3.05, 3.63) is 0 Å². The summed E-state index contributed by atoms with van der Waals surface area (Å²) in [6.45, 7) is 6.35. The lowest BCUT2D eigenvalue weighted by Gasteiger charge is -2.39. The van der Waals surface area contributed by atoms with Crippen LogP contribution in [0.2, 0.25) is 0 Å². The maximum atomic E-state index is 12.9. The Balaban J connectivity index is 0.00000144. The van der Waals surface area contributed by atoms with Crippen molar-refractivity contribution >= 4 is 30.7 Å². The third kappa shape index (κ3) is 5.48. The molecule has 1 amide bonds. The first-order valence-electron chi connectivity index (χ1n) is 9.22. The predicted molar refractivity (Wildman–Crippen MR) is 104 cm³/mol. The van der Waals surface area contributed by atoms with E-state index in [1.54, 1.807) is 0 Å². The second kappa shape index (κ2) is 9.07. The average Bonchev–Trinajstić information content (AvgIpc) is 3.13. The molecule has 3 atom stereocenters. The lowest BCUT2D eigenvalue weighted by Crippen LogP contribution is -2.53. The molecule has 3 aliphatic rings. The van der Waals surface area contributed by atoms with E-state index in [0.717, 1.165) is 51.2 Å². The molecule has 0 aromatic carbocycles. The molecule has 1 heterocycles. The van der Waals surface area contributed by atoms with Crippen molar-refractivity contribution < 1.29 is 4.79 Å².